The predicted octanol–water partition coefficient (Wildman–Crippen LogP) is 2.37. The van der Waals surface area contributed by atoms with Crippen LogP contribution >= 0.6 is 0 Å². The summed E-state index contributed by atoms with van der Waals surface area (Å²) in [5.41, 5.74) is 5.53. The van der Waals surface area contributed by atoms with Crippen LogP contribution in [-0.2, 0) is 9.53 Å². The van der Waals surface area contributed by atoms with E-state index in [1.54, 1.807) is 0 Å². The van der Waals surface area contributed by atoms with E-state index in [0.717, 1.165) is 0 Å². The molecule has 0 aliphatic carbocycles. The Labute approximate surface area is 89.0 Å². The Morgan fingerprint density at radius 1 is 1.27 bits per heavy atom. The molecule has 0 saturated heterocycles. The number of hydrogen-bond donors (Lipinski definition) is 1. The van der Waals surface area contributed by atoms with E-state index in [4.69, 9.17) is 5.73 Å². The van der Waals surface area contributed by atoms with E-state index in [1.165, 1.54) is 24.3 Å². The van der Waals surface area contributed by atoms with E-state index in [1.807, 2.05) is 20.8 Å². The fraction of sp³-hybridized carbons (Fsp3) is 0.364. The first-order valence-electron chi connectivity index (χ1n) is 4.47. The summed E-state index contributed by atoms with van der Waals surface area (Å²) in [7, 11) is 0. The van der Waals surface area contributed by atoms with Crippen LogP contribution in [0, 0.1) is 5.82 Å². The van der Waals surface area contributed by atoms with Crippen LogP contribution in [-0.4, -0.2) is 12.1 Å². The Balaban J connectivity index is 0.000000265. The molecule has 0 spiro atoms. The number of nitrogen functional groups attached to an aromatic ring is 1. The largest absolute Gasteiger partial charge is 0.462 e. The molecule has 0 unspecified atom stereocenters. The molecule has 3 nitrogen and oxygen atoms in total. The summed E-state index contributed by atoms with van der Waals surface area (Å²) in [6.07, 6.45) is 0. The highest BCUT2D eigenvalue weighted by atomic mass is 19.1. The zero-order valence-corrected chi connectivity index (χ0v) is 9.16. The van der Waals surface area contributed by atoms with E-state index in [-0.39, 0.29) is 11.4 Å². The van der Waals surface area contributed by atoms with Crippen LogP contribution in [0.15, 0.2) is 24.3 Å². The van der Waals surface area contributed by atoms with E-state index >= 15 is 0 Å². The fourth-order valence-corrected chi connectivity index (χ4v) is 0.607. The molecule has 0 amide bonds. The molecule has 0 bridgehead atoms. The van der Waals surface area contributed by atoms with Gasteiger partial charge in [-0.25, -0.2) is 4.39 Å². The standard InChI is InChI=1S/C6H6FN.C5H10O2/c7-5-1-3-6(8)4-2-5;1-5(2,3)7-4-6/h1-4H,8H2;4H,1-3H3. The number of rotatable bonds is 1. The molecule has 1 rings (SSSR count). The van der Waals surface area contributed by atoms with Gasteiger partial charge in [-0.05, 0) is 45.0 Å². The molecule has 2 N–H and O–H groups in total. The second kappa shape index (κ2) is 6.01. The third-order valence-electron chi connectivity index (χ3n) is 1.27. The monoisotopic (exact) mass is 213 g/mol. The molecule has 0 aromatic heterocycles. The molecule has 0 aliphatic rings. The van der Waals surface area contributed by atoms with Gasteiger partial charge in [0.15, 0.2) is 0 Å². The van der Waals surface area contributed by atoms with Gasteiger partial charge < -0.3 is 10.5 Å². The average Bonchev–Trinajstić information content (AvgIpc) is 2.09. The van der Waals surface area contributed by atoms with Crippen molar-refractivity contribution in [3.63, 3.8) is 0 Å². The van der Waals surface area contributed by atoms with Crippen molar-refractivity contribution in [2.75, 3.05) is 5.73 Å². The topological polar surface area (TPSA) is 52.3 Å². The van der Waals surface area contributed by atoms with Crippen LogP contribution in [0.5, 0.6) is 0 Å². The summed E-state index contributed by atoms with van der Waals surface area (Å²) in [6.45, 7) is 5.92. The van der Waals surface area contributed by atoms with Crippen LogP contribution in [0.25, 0.3) is 0 Å². The van der Waals surface area contributed by atoms with Gasteiger partial charge >= 0.3 is 0 Å². The van der Waals surface area contributed by atoms with Crippen molar-refractivity contribution in [1.29, 1.82) is 0 Å². The molecule has 1 aromatic rings. The van der Waals surface area contributed by atoms with Crippen molar-refractivity contribution < 1.29 is 13.9 Å². The highest BCUT2D eigenvalue weighted by Gasteiger charge is 2.07. The molecule has 15 heavy (non-hydrogen) atoms. The number of halogens is 1. The zero-order valence-electron chi connectivity index (χ0n) is 9.16. The lowest BCUT2D eigenvalue weighted by Crippen LogP contribution is -2.17. The Morgan fingerprint density at radius 2 is 1.73 bits per heavy atom. The minimum absolute atomic E-state index is 0.251. The lowest BCUT2D eigenvalue weighted by molar-refractivity contribution is -0.138. The number of benzene rings is 1. The highest BCUT2D eigenvalue weighted by molar-refractivity contribution is 5.38. The first kappa shape index (κ1) is 13.4. The van der Waals surface area contributed by atoms with Crippen molar-refractivity contribution in [1.82, 2.24) is 0 Å². The van der Waals surface area contributed by atoms with Gasteiger partial charge in [0.05, 0.1) is 0 Å². The van der Waals surface area contributed by atoms with Gasteiger partial charge in [0.2, 0.25) is 0 Å². The van der Waals surface area contributed by atoms with E-state index in [9.17, 15) is 9.18 Å². The smallest absolute Gasteiger partial charge is 0.293 e. The first-order valence-corrected chi connectivity index (χ1v) is 4.47. The molecule has 1 aromatic carbocycles. The Morgan fingerprint density at radius 3 is 1.93 bits per heavy atom. The Kier molecular flexibility index (Phi) is 5.37. The van der Waals surface area contributed by atoms with Crippen molar-refractivity contribution >= 4 is 12.2 Å². The lowest BCUT2D eigenvalue weighted by atomic mass is 10.2. The normalized spacial score (nSPS) is 9.87. The lowest BCUT2D eigenvalue weighted by Gasteiger charge is -2.14. The summed E-state index contributed by atoms with van der Waals surface area (Å²) in [4.78, 5) is 9.60. The first-order chi connectivity index (χ1) is 6.85. The van der Waals surface area contributed by atoms with Crippen molar-refractivity contribution in [2.24, 2.45) is 0 Å². The van der Waals surface area contributed by atoms with E-state index < -0.39 is 0 Å². The van der Waals surface area contributed by atoms with Gasteiger partial charge in [0, 0.05) is 5.69 Å². The second-order valence-corrected chi connectivity index (χ2v) is 3.88. The minimum Gasteiger partial charge on any atom is -0.462 e. The van der Waals surface area contributed by atoms with E-state index in [0.29, 0.717) is 12.2 Å². The number of carbonyl (C=O) groups is 1. The molecule has 0 saturated carbocycles. The number of carbonyl (C=O) groups excluding carboxylic acids is 1. The molecule has 0 atom stereocenters. The number of hydrogen-bond acceptors (Lipinski definition) is 3. The molecule has 4 heteroatoms. The number of ether oxygens (including phenoxy) is 1. The van der Waals surface area contributed by atoms with Crippen molar-refractivity contribution in [3.05, 3.63) is 30.1 Å². The van der Waals surface area contributed by atoms with Gasteiger partial charge in [-0.1, -0.05) is 0 Å². The van der Waals surface area contributed by atoms with Crippen LogP contribution in [0.1, 0.15) is 20.8 Å². The number of nitrogens with two attached hydrogens (primary N) is 1. The number of anilines is 1. The van der Waals surface area contributed by atoms with Gasteiger partial charge in [0.25, 0.3) is 6.47 Å². The molecule has 0 radical (unpaired) electrons. The summed E-state index contributed by atoms with van der Waals surface area (Å²) < 4.78 is 16.6. The summed E-state index contributed by atoms with van der Waals surface area (Å²) in [5, 5.41) is 0. The molecule has 0 heterocycles. The van der Waals surface area contributed by atoms with Crippen LogP contribution in [0.3, 0.4) is 0 Å². The van der Waals surface area contributed by atoms with Crippen molar-refractivity contribution in [3.8, 4) is 0 Å². The van der Waals surface area contributed by atoms with Gasteiger partial charge in [-0.15, -0.1) is 0 Å². The Hall–Kier alpha value is -1.58. The third-order valence-corrected chi connectivity index (χ3v) is 1.27. The van der Waals surface area contributed by atoms with E-state index in [2.05, 4.69) is 4.74 Å². The van der Waals surface area contributed by atoms with Crippen molar-refractivity contribution in [2.45, 2.75) is 26.4 Å². The summed E-state index contributed by atoms with van der Waals surface area (Å²) >= 11 is 0. The van der Waals surface area contributed by atoms with Crippen LogP contribution in [0.2, 0.25) is 0 Å². The zero-order chi connectivity index (χ0) is 11.9. The Bertz CT molecular complexity index is 269. The summed E-state index contributed by atoms with van der Waals surface area (Å²) in [5.74, 6) is -0.251. The maximum atomic E-state index is 12.0. The third kappa shape index (κ3) is 8.74. The molecule has 0 aliphatic heterocycles. The fourth-order valence-electron chi connectivity index (χ4n) is 0.607. The molecular formula is C11H16FNO2. The van der Waals surface area contributed by atoms with Crippen LogP contribution in [0.4, 0.5) is 10.1 Å². The molecule has 84 valence electrons. The summed E-state index contributed by atoms with van der Waals surface area (Å²) in [6, 6.07) is 5.70. The average molecular weight is 213 g/mol. The maximum Gasteiger partial charge on any atom is 0.293 e. The molecule has 0 fully saturated rings. The van der Waals surface area contributed by atoms with Gasteiger partial charge in [-0.3, -0.25) is 4.79 Å². The molecular weight excluding hydrogens is 197 g/mol. The highest BCUT2D eigenvalue weighted by Crippen LogP contribution is 2.02. The SMILES string of the molecule is CC(C)(C)OC=O.Nc1ccc(F)cc1. The van der Waals surface area contributed by atoms with Crippen LogP contribution < -0.4 is 5.73 Å². The van der Waals surface area contributed by atoms with Gasteiger partial charge in [0.1, 0.15) is 11.4 Å². The quantitative estimate of drug-likeness (QED) is 0.575. The predicted molar refractivity (Wildman–Crippen MR) is 57.7 cm³/mol. The van der Waals surface area contributed by atoms with Gasteiger partial charge in [-0.2, -0.15) is 0 Å². The maximum absolute atomic E-state index is 12.0. The minimum atomic E-state index is -0.318. The second-order valence-electron chi connectivity index (χ2n) is 3.88.